The lowest BCUT2D eigenvalue weighted by atomic mass is 10.0. The molecule has 1 aromatic carbocycles. The molecule has 1 saturated heterocycles. The van der Waals surface area contributed by atoms with E-state index in [9.17, 15) is 8.42 Å². The highest BCUT2D eigenvalue weighted by molar-refractivity contribution is 7.88. The van der Waals surface area contributed by atoms with E-state index >= 15 is 0 Å². The molecular weight excluding hydrogens is 300 g/mol. The first-order valence-electron chi connectivity index (χ1n) is 7.67. The fourth-order valence-electron chi connectivity index (χ4n) is 3.06. The summed E-state index contributed by atoms with van der Waals surface area (Å²) in [6.45, 7) is 5.42. The quantitative estimate of drug-likeness (QED) is 0.869. The zero-order valence-electron chi connectivity index (χ0n) is 13.8. The number of methoxy groups -OCH3 is 1. The van der Waals surface area contributed by atoms with E-state index < -0.39 is 10.0 Å². The largest absolute Gasteiger partial charge is 0.496 e. The van der Waals surface area contributed by atoms with Crippen LogP contribution >= 0.6 is 0 Å². The number of hydrogen-bond acceptors (Lipinski definition) is 4. The van der Waals surface area contributed by atoms with Crippen molar-refractivity contribution in [2.75, 3.05) is 26.5 Å². The van der Waals surface area contributed by atoms with E-state index in [0.717, 1.165) is 24.2 Å². The Balaban J connectivity index is 2.04. The number of rotatable bonds is 6. The second-order valence-corrected chi connectivity index (χ2v) is 7.98. The van der Waals surface area contributed by atoms with E-state index in [-0.39, 0.29) is 12.1 Å². The van der Waals surface area contributed by atoms with Gasteiger partial charge in [0.25, 0.3) is 0 Å². The number of benzene rings is 1. The number of ether oxygens (including phenoxy) is 1. The molecule has 0 radical (unpaired) electrons. The fourth-order valence-corrected chi connectivity index (χ4v) is 4.25. The summed E-state index contributed by atoms with van der Waals surface area (Å²) in [7, 11) is -1.45. The van der Waals surface area contributed by atoms with Crippen molar-refractivity contribution in [3.63, 3.8) is 0 Å². The van der Waals surface area contributed by atoms with Crippen molar-refractivity contribution < 1.29 is 13.2 Å². The van der Waals surface area contributed by atoms with Crippen LogP contribution in [0.5, 0.6) is 5.75 Å². The number of nitrogens with zero attached hydrogens (tertiary/aromatic N) is 1. The number of sulfonamides is 1. The van der Waals surface area contributed by atoms with E-state index in [2.05, 4.69) is 25.2 Å². The third-order valence-electron chi connectivity index (χ3n) is 4.26. The molecule has 6 heteroatoms. The molecule has 0 bridgehead atoms. The maximum Gasteiger partial charge on any atom is 0.211 e. The summed E-state index contributed by atoms with van der Waals surface area (Å²) in [6, 6.07) is 6.27. The van der Waals surface area contributed by atoms with Gasteiger partial charge in [0, 0.05) is 30.7 Å². The molecule has 1 aromatic rings. The minimum atomic E-state index is -3.12. The van der Waals surface area contributed by atoms with Gasteiger partial charge in [0.05, 0.1) is 13.4 Å². The SMILES string of the molecule is COc1ccc(C)cc1[C@@H](C)NC[C@H]1CCCN1S(C)(=O)=O. The fraction of sp³-hybridized carbons (Fsp3) is 0.625. The van der Waals surface area contributed by atoms with E-state index in [0.29, 0.717) is 13.1 Å². The number of aryl methyl sites for hydroxylation is 1. The highest BCUT2D eigenvalue weighted by Crippen LogP contribution is 2.27. The smallest absolute Gasteiger partial charge is 0.211 e. The molecule has 1 aliphatic rings. The maximum absolute atomic E-state index is 11.8. The Hall–Kier alpha value is -1.11. The Morgan fingerprint density at radius 3 is 2.82 bits per heavy atom. The molecule has 124 valence electrons. The monoisotopic (exact) mass is 326 g/mol. The Morgan fingerprint density at radius 1 is 1.45 bits per heavy atom. The van der Waals surface area contributed by atoms with Crippen LogP contribution in [-0.2, 0) is 10.0 Å². The molecule has 5 nitrogen and oxygen atoms in total. The second kappa shape index (κ2) is 6.98. The molecule has 1 N–H and O–H groups in total. The van der Waals surface area contributed by atoms with Crippen LogP contribution in [0.4, 0.5) is 0 Å². The standard InChI is InChI=1S/C16H26N2O3S/c1-12-7-8-16(21-3)15(10-12)13(2)17-11-14-6-5-9-18(14)22(4,19)20/h7-8,10,13-14,17H,5-6,9,11H2,1-4H3/t13-,14-/m1/s1. The topological polar surface area (TPSA) is 58.6 Å². The van der Waals surface area contributed by atoms with Crippen LogP contribution in [0.25, 0.3) is 0 Å². The molecule has 0 amide bonds. The summed E-state index contributed by atoms with van der Waals surface area (Å²) in [5, 5.41) is 3.46. The van der Waals surface area contributed by atoms with Crippen molar-refractivity contribution in [3.05, 3.63) is 29.3 Å². The van der Waals surface area contributed by atoms with Gasteiger partial charge in [0.15, 0.2) is 0 Å². The minimum absolute atomic E-state index is 0.0493. The molecule has 2 atom stereocenters. The van der Waals surface area contributed by atoms with E-state index in [1.54, 1.807) is 11.4 Å². The van der Waals surface area contributed by atoms with Gasteiger partial charge in [-0.05, 0) is 32.8 Å². The first-order chi connectivity index (χ1) is 10.3. The van der Waals surface area contributed by atoms with Crippen molar-refractivity contribution in [2.45, 2.75) is 38.8 Å². The molecule has 1 aliphatic heterocycles. The molecule has 22 heavy (non-hydrogen) atoms. The van der Waals surface area contributed by atoms with Crippen LogP contribution in [0, 0.1) is 6.92 Å². The molecule has 0 aliphatic carbocycles. The third kappa shape index (κ3) is 4.00. The molecule has 1 fully saturated rings. The Bertz CT molecular complexity index is 616. The maximum atomic E-state index is 11.8. The molecule has 0 unspecified atom stereocenters. The third-order valence-corrected chi connectivity index (χ3v) is 5.59. The highest BCUT2D eigenvalue weighted by atomic mass is 32.2. The Kier molecular flexibility index (Phi) is 5.47. The van der Waals surface area contributed by atoms with Crippen molar-refractivity contribution in [3.8, 4) is 5.75 Å². The molecule has 0 spiro atoms. The van der Waals surface area contributed by atoms with Gasteiger partial charge in [-0.25, -0.2) is 8.42 Å². The average Bonchev–Trinajstić information content (AvgIpc) is 2.93. The first-order valence-corrected chi connectivity index (χ1v) is 9.52. The zero-order valence-corrected chi connectivity index (χ0v) is 14.6. The molecular formula is C16H26N2O3S. The van der Waals surface area contributed by atoms with E-state index in [4.69, 9.17) is 4.74 Å². The summed E-state index contributed by atoms with van der Waals surface area (Å²) in [5.41, 5.74) is 2.29. The minimum Gasteiger partial charge on any atom is -0.496 e. The van der Waals surface area contributed by atoms with Gasteiger partial charge in [0.1, 0.15) is 5.75 Å². The first kappa shape index (κ1) is 17.2. The van der Waals surface area contributed by atoms with Crippen molar-refractivity contribution >= 4 is 10.0 Å². The van der Waals surface area contributed by atoms with Crippen molar-refractivity contribution in [1.82, 2.24) is 9.62 Å². The molecule has 2 rings (SSSR count). The van der Waals surface area contributed by atoms with Gasteiger partial charge in [0.2, 0.25) is 10.0 Å². The van der Waals surface area contributed by atoms with Crippen molar-refractivity contribution in [1.29, 1.82) is 0 Å². The van der Waals surface area contributed by atoms with Crippen LogP contribution in [0.15, 0.2) is 18.2 Å². The van der Waals surface area contributed by atoms with Gasteiger partial charge in [-0.1, -0.05) is 17.7 Å². The predicted molar refractivity (Wildman–Crippen MR) is 88.7 cm³/mol. The van der Waals surface area contributed by atoms with Gasteiger partial charge in [-0.3, -0.25) is 0 Å². The van der Waals surface area contributed by atoms with Crippen LogP contribution in [0.2, 0.25) is 0 Å². The van der Waals surface area contributed by atoms with Gasteiger partial charge in [-0.2, -0.15) is 4.31 Å². The lowest BCUT2D eigenvalue weighted by molar-refractivity contribution is 0.357. The second-order valence-electron chi connectivity index (χ2n) is 6.05. The van der Waals surface area contributed by atoms with Crippen LogP contribution in [-0.4, -0.2) is 45.2 Å². The normalized spacial score (nSPS) is 21.0. The molecule has 1 heterocycles. The van der Waals surface area contributed by atoms with E-state index in [1.165, 1.54) is 11.8 Å². The molecule has 0 aromatic heterocycles. The summed E-state index contributed by atoms with van der Waals surface area (Å²) in [4.78, 5) is 0. The Morgan fingerprint density at radius 2 is 2.18 bits per heavy atom. The van der Waals surface area contributed by atoms with Crippen LogP contribution in [0.3, 0.4) is 0 Å². The number of nitrogens with one attached hydrogen (secondary N) is 1. The number of hydrogen-bond donors (Lipinski definition) is 1. The highest BCUT2D eigenvalue weighted by Gasteiger charge is 2.31. The van der Waals surface area contributed by atoms with Gasteiger partial charge < -0.3 is 10.1 Å². The average molecular weight is 326 g/mol. The van der Waals surface area contributed by atoms with E-state index in [1.807, 2.05) is 12.1 Å². The summed E-state index contributed by atoms with van der Waals surface area (Å²) in [6.07, 6.45) is 3.14. The Labute approximate surface area is 133 Å². The zero-order chi connectivity index (χ0) is 16.3. The van der Waals surface area contributed by atoms with Crippen molar-refractivity contribution in [2.24, 2.45) is 0 Å². The lowest BCUT2D eigenvalue weighted by Gasteiger charge is -2.25. The lowest BCUT2D eigenvalue weighted by Crippen LogP contribution is -2.41. The van der Waals surface area contributed by atoms with Gasteiger partial charge in [-0.15, -0.1) is 0 Å². The summed E-state index contributed by atoms with van der Waals surface area (Å²) < 4.78 is 30.6. The van der Waals surface area contributed by atoms with Crippen LogP contribution in [0.1, 0.15) is 36.9 Å². The summed E-state index contributed by atoms with van der Waals surface area (Å²) in [5.74, 6) is 0.858. The molecule has 0 saturated carbocycles. The predicted octanol–water partition coefficient (Wildman–Crippen LogP) is 2.08. The summed E-state index contributed by atoms with van der Waals surface area (Å²) >= 11 is 0. The van der Waals surface area contributed by atoms with Crippen LogP contribution < -0.4 is 10.1 Å². The van der Waals surface area contributed by atoms with Gasteiger partial charge >= 0.3 is 0 Å².